The molecule has 0 unspecified atom stereocenters. The lowest BCUT2D eigenvalue weighted by Crippen LogP contribution is -2.27. The maximum absolute atomic E-state index is 13.4. The molecule has 0 radical (unpaired) electrons. The zero-order valence-electron chi connectivity index (χ0n) is 18.3. The fraction of sp³-hybridized carbons (Fsp3) is 0.0833. The predicted molar refractivity (Wildman–Crippen MR) is 135 cm³/mol. The summed E-state index contributed by atoms with van der Waals surface area (Å²) < 4.78 is 34.0. The van der Waals surface area contributed by atoms with Gasteiger partial charge in [-0.2, -0.15) is 0 Å². The SMILES string of the molecule is COc1ccc(NC(=O)c2cnc(-c3ccccc3)[nH]2)cc1S(=O)(=O)N(C)c1ccc(Br)cc1. The van der Waals surface area contributed by atoms with E-state index in [1.807, 2.05) is 30.3 Å². The molecule has 0 aliphatic rings. The Kier molecular flexibility index (Phi) is 6.71. The van der Waals surface area contributed by atoms with Gasteiger partial charge in [0.25, 0.3) is 15.9 Å². The summed E-state index contributed by atoms with van der Waals surface area (Å²) in [6.07, 6.45) is 1.43. The van der Waals surface area contributed by atoms with Crippen LogP contribution in [0.15, 0.2) is 88.4 Å². The number of carbonyl (C=O) groups excluding carboxylic acids is 1. The number of aromatic amines is 1. The van der Waals surface area contributed by atoms with Crippen LogP contribution in [0.5, 0.6) is 5.75 Å². The lowest BCUT2D eigenvalue weighted by atomic mass is 10.2. The van der Waals surface area contributed by atoms with Crippen molar-refractivity contribution in [1.29, 1.82) is 0 Å². The van der Waals surface area contributed by atoms with E-state index in [2.05, 4.69) is 31.2 Å². The number of anilines is 2. The number of benzene rings is 3. The molecule has 10 heteroatoms. The molecule has 2 N–H and O–H groups in total. The van der Waals surface area contributed by atoms with Crippen LogP contribution in [0, 0.1) is 0 Å². The summed E-state index contributed by atoms with van der Waals surface area (Å²) in [6.45, 7) is 0. The largest absolute Gasteiger partial charge is 0.495 e. The van der Waals surface area contributed by atoms with E-state index in [1.54, 1.807) is 30.3 Å². The average molecular weight is 541 g/mol. The molecule has 0 saturated heterocycles. The smallest absolute Gasteiger partial charge is 0.273 e. The lowest BCUT2D eigenvalue weighted by molar-refractivity contribution is 0.102. The van der Waals surface area contributed by atoms with Crippen molar-refractivity contribution < 1.29 is 17.9 Å². The van der Waals surface area contributed by atoms with Crippen LogP contribution in [0.1, 0.15) is 10.5 Å². The zero-order valence-corrected chi connectivity index (χ0v) is 20.7. The molecule has 0 aliphatic carbocycles. The summed E-state index contributed by atoms with van der Waals surface area (Å²) in [5.74, 6) is 0.263. The topological polar surface area (TPSA) is 104 Å². The second-order valence-electron chi connectivity index (χ2n) is 7.28. The summed E-state index contributed by atoms with van der Waals surface area (Å²) in [7, 11) is -1.13. The predicted octanol–water partition coefficient (Wildman–Crippen LogP) is 4.93. The number of amides is 1. The lowest BCUT2D eigenvalue weighted by Gasteiger charge is -2.21. The van der Waals surface area contributed by atoms with Gasteiger partial charge >= 0.3 is 0 Å². The van der Waals surface area contributed by atoms with Crippen molar-refractivity contribution in [2.45, 2.75) is 4.90 Å². The van der Waals surface area contributed by atoms with Crippen LogP contribution >= 0.6 is 15.9 Å². The van der Waals surface area contributed by atoms with Crippen LogP contribution in [-0.4, -0.2) is 38.5 Å². The third kappa shape index (κ3) is 4.82. The fourth-order valence-corrected chi connectivity index (χ4v) is 4.91. The van der Waals surface area contributed by atoms with Crippen LogP contribution in [-0.2, 0) is 10.0 Å². The molecule has 1 heterocycles. The molecule has 1 amide bonds. The number of sulfonamides is 1. The molecule has 0 atom stereocenters. The number of H-pyrrole nitrogens is 1. The zero-order chi connectivity index (χ0) is 24.3. The molecule has 1 aromatic heterocycles. The summed E-state index contributed by atoms with van der Waals surface area (Å²) in [6, 6.07) is 20.7. The van der Waals surface area contributed by atoms with E-state index < -0.39 is 15.9 Å². The number of methoxy groups -OCH3 is 1. The molecule has 0 saturated carbocycles. The summed E-state index contributed by atoms with van der Waals surface area (Å²) >= 11 is 3.34. The molecule has 174 valence electrons. The highest BCUT2D eigenvalue weighted by molar-refractivity contribution is 9.10. The van der Waals surface area contributed by atoms with E-state index in [4.69, 9.17) is 4.74 Å². The van der Waals surface area contributed by atoms with Gasteiger partial charge in [-0.05, 0) is 42.5 Å². The molecule has 34 heavy (non-hydrogen) atoms. The third-order valence-electron chi connectivity index (χ3n) is 5.12. The first-order valence-corrected chi connectivity index (χ1v) is 12.4. The molecular weight excluding hydrogens is 520 g/mol. The summed E-state index contributed by atoms with van der Waals surface area (Å²) in [5.41, 5.74) is 1.86. The van der Waals surface area contributed by atoms with Gasteiger partial charge in [0.15, 0.2) is 0 Å². The molecule has 0 bridgehead atoms. The molecule has 0 fully saturated rings. The van der Waals surface area contributed by atoms with Gasteiger partial charge < -0.3 is 15.0 Å². The van der Waals surface area contributed by atoms with Gasteiger partial charge in [0.05, 0.1) is 19.0 Å². The van der Waals surface area contributed by atoms with Crippen molar-refractivity contribution in [3.8, 4) is 17.1 Å². The maximum Gasteiger partial charge on any atom is 0.273 e. The van der Waals surface area contributed by atoms with Crippen molar-refractivity contribution in [2.75, 3.05) is 23.8 Å². The van der Waals surface area contributed by atoms with Crippen LogP contribution < -0.4 is 14.4 Å². The second-order valence-corrected chi connectivity index (χ2v) is 10.1. The standard InChI is InChI=1S/C24H21BrN4O4S/c1-29(19-11-8-17(25)9-12-19)34(31,32)22-14-18(10-13-21(22)33-2)27-24(30)20-15-26-23(28-20)16-6-4-3-5-7-16/h3-15H,1-2H3,(H,26,28)(H,27,30). The highest BCUT2D eigenvalue weighted by Gasteiger charge is 2.26. The number of ether oxygens (including phenoxy) is 1. The van der Waals surface area contributed by atoms with Gasteiger partial charge in [-0.25, -0.2) is 13.4 Å². The van der Waals surface area contributed by atoms with E-state index in [1.165, 1.54) is 32.5 Å². The van der Waals surface area contributed by atoms with Crippen LogP contribution in [0.2, 0.25) is 0 Å². The van der Waals surface area contributed by atoms with Crippen LogP contribution in [0.3, 0.4) is 0 Å². The number of nitrogens with zero attached hydrogens (tertiary/aromatic N) is 2. The summed E-state index contributed by atoms with van der Waals surface area (Å²) in [4.78, 5) is 19.9. The number of nitrogens with one attached hydrogen (secondary N) is 2. The van der Waals surface area contributed by atoms with Crippen molar-refractivity contribution in [1.82, 2.24) is 9.97 Å². The van der Waals surface area contributed by atoms with E-state index in [-0.39, 0.29) is 16.3 Å². The molecule has 0 aliphatic heterocycles. The minimum absolute atomic E-state index is 0.0761. The molecule has 4 aromatic rings. The fourth-order valence-electron chi connectivity index (χ4n) is 3.27. The number of hydrogen-bond donors (Lipinski definition) is 2. The molecule has 4 rings (SSSR count). The highest BCUT2D eigenvalue weighted by Crippen LogP contribution is 2.32. The number of halogens is 1. The molecule has 3 aromatic carbocycles. The van der Waals surface area contributed by atoms with E-state index in [0.717, 1.165) is 14.3 Å². The monoisotopic (exact) mass is 540 g/mol. The first-order chi connectivity index (χ1) is 16.3. The minimum Gasteiger partial charge on any atom is -0.495 e. The Morgan fingerprint density at radius 3 is 2.44 bits per heavy atom. The van der Waals surface area contributed by atoms with E-state index in [9.17, 15) is 13.2 Å². The first kappa shape index (κ1) is 23.5. The summed E-state index contributed by atoms with van der Waals surface area (Å²) in [5, 5.41) is 2.72. The number of hydrogen-bond acceptors (Lipinski definition) is 5. The van der Waals surface area contributed by atoms with E-state index in [0.29, 0.717) is 17.2 Å². The second kappa shape index (κ2) is 9.70. The van der Waals surface area contributed by atoms with Gasteiger partial charge in [0.1, 0.15) is 22.2 Å². The van der Waals surface area contributed by atoms with Gasteiger partial charge in [-0.15, -0.1) is 0 Å². The molecule has 8 nitrogen and oxygen atoms in total. The first-order valence-electron chi connectivity index (χ1n) is 10.1. The third-order valence-corrected chi connectivity index (χ3v) is 7.45. The van der Waals surface area contributed by atoms with Crippen molar-refractivity contribution in [2.24, 2.45) is 0 Å². The Morgan fingerprint density at radius 2 is 1.76 bits per heavy atom. The number of imidazole rings is 1. The Balaban J connectivity index is 1.60. The number of carbonyl (C=O) groups is 1. The Bertz CT molecular complexity index is 1420. The number of aromatic nitrogens is 2. The maximum atomic E-state index is 13.4. The van der Waals surface area contributed by atoms with Gasteiger partial charge in [-0.3, -0.25) is 9.10 Å². The van der Waals surface area contributed by atoms with Crippen LogP contribution in [0.25, 0.3) is 11.4 Å². The van der Waals surface area contributed by atoms with Crippen molar-refractivity contribution in [3.63, 3.8) is 0 Å². The van der Waals surface area contributed by atoms with Crippen molar-refractivity contribution >= 4 is 43.2 Å². The Morgan fingerprint density at radius 1 is 1.06 bits per heavy atom. The van der Waals surface area contributed by atoms with Gasteiger partial charge in [0, 0.05) is 22.8 Å². The minimum atomic E-state index is -3.98. The van der Waals surface area contributed by atoms with Gasteiger partial charge in [-0.1, -0.05) is 46.3 Å². The molecular formula is C24H21BrN4O4S. The normalized spacial score (nSPS) is 11.1. The van der Waals surface area contributed by atoms with Crippen molar-refractivity contribution in [3.05, 3.63) is 89.2 Å². The van der Waals surface area contributed by atoms with E-state index >= 15 is 0 Å². The Hall–Kier alpha value is -3.63. The quantitative estimate of drug-likeness (QED) is 0.346. The number of rotatable bonds is 7. The van der Waals surface area contributed by atoms with Gasteiger partial charge in [0.2, 0.25) is 0 Å². The van der Waals surface area contributed by atoms with Crippen LogP contribution in [0.4, 0.5) is 11.4 Å². The Labute approximate surface area is 205 Å². The average Bonchev–Trinajstić information content (AvgIpc) is 3.35. The molecule has 0 spiro atoms. The highest BCUT2D eigenvalue weighted by atomic mass is 79.9.